The Morgan fingerprint density at radius 2 is 0.778 bits per heavy atom. The number of nitrogens with zero attached hydrogens (tertiary/aromatic N) is 25. The van der Waals surface area contributed by atoms with E-state index < -0.39 is 0 Å². The second-order valence-electron chi connectivity index (χ2n) is 14.8. The van der Waals surface area contributed by atoms with Crippen LogP contribution in [0.5, 0.6) is 0 Å². The lowest BCUT2D eigenvalue weighted by Gasteiger charge is -1.74. The normalized spacial score (nSPS) is 8.33. The van der Waals surface area contributed by atoms with Gasteiger partial charge >= 0.3 is 0 Å². The average molecular weight is 1310 g/mol. The summed E-state index contributed by atoms with van der Waals surface area (Å²) in [5.41, 5.74) is 1.11. The molecule has 0 aromatic carbocycles. The van der Waals surface area contributed by atoms with Crippen molar-refractivity contribution in [2.45, 2.75) is 194 Å². The number of aromatic amines is 4. The number of aryl methyl sites for hydroxylation is 18. The zero-order chi connectivity index (χ0) is 70.1. The van der Waals surface area contributed by atoms with Crippen LogP contribution in [0, 0.1) is 111 Å². The highest BCUT2D eigenvalue weighted by Gasteiger charge is 1.93. The van der Waals surface area contributed by atoms with Crippen molar-refractivity contribution in [2.75, 3.05) is 0 Å². The highest BCUT2D eigenvalue weighted by molar-refractivity contribution is 7.11. The van der Waals surface area contributed by atoms with Gasteiger partial charge in [-0.1, -0.05) is 93.4 Å². The molecular weight excluding hydrogens is 1210 g/mol. The lowest BCUT2D eigenvalue weighted by molar-refractivity contribution is 0.389. The lowest BCUT2D eigenvalue weighted by atomic mass is 10.5. The van der Waals surface area contributed by atoms with E-state index in [-0.39, 0.29) is 0 Å². The Labute approximate surface area is 544 Å². The van der Waals surface area contributed by atoms with Gasteiger partial charge in [0, 0.05) is 53.7 Å². The highest BCUT2D eigenvalue weighted by atomic mass is 32.1. The van der Waals surface area contributed by atoms with Gasteiger partial charge in [-0.3, -0.25) is 25.1 Å². The summed E-state index contributed by atoms with van der Waals surface area (Å²) in [6.45, 7) is 53.7. The fourth-order valence-electron chi connectivity index (χ4n) is 4.04. The summed E-state index contributed by atoms with van der Waals surface area (Å²) in [6, 6.07) is 1.92. The number of rotatable bonds is 0. The van der Waals surface area contributed by atoms with E-state index in [9.17, 15) is 0 Å². The van der Waals surface area contributed by atoms with Gasteiger partial charge in [-0.15, -0.1) is 41.9 Å². The molecule has 0 aliphatic heterocycles. The minimum absolute atomic E-state index is 0.623. The van der Waals surface area contributed by atoms with Crippen LogP contribution in [-0.4, -0.2) is 145 Å². The Bertz CT molecular complexity index is 2500. The quantitative estimate of drug-likeness (QED) is 0.110. The molecule has 35 heteroatoms. The maximum atomic E-state index is 4.86. The predicted molar refractivity (Wildman–Crippen MR) is 356 cm³/mol. The molecule has 0 unspecified atom stereocenters. The van der Waals surface area contributed by atoms with E-state index >= 15 is 0 Å². The van der Waals surface area contributed by atoms with Crippen LogP contribution in [0.2, 0.25) is 0 Å². The number of hydrogen-bond acceptors (Lipinski definition) is 29. The van der Waals surface area contributed by atoms with Crippen molar-refractivity contribution in [3.8, 4) is 0 Å². The zero-order valence-electron chi connectivity index (χ0n) is 58.8. The topological polar surface area (TPSA) is 409 Å². The van der Waals surface area contributed by atoms with Crippen LogP contribution < -0.4 is 0 Å². The molecule has 12 heterocycles. The second-order valence-corrected chi connectivity index (χ2v) is 18.1. The molecule has 504 valence electrons. The second kappa shape index (κ2) is 66.0. The Balaban J connectivity index is -0.000000211. The van der Waals surface area contributed by atoms with Gasteiger partial charge in [0.1, 0.15) is 93.4 Å². The summed E-state index contributed by atoms with van der Waals surface area (Å²) in [6.07, 6.45) is 12.6. The molecule has 90 heavy (non-hydrogen) atoms. The van der Waals surface area contributed by atoms with E-state index in [2.05, 4.69) is 144 Å². The van der Waals surface area contributed by atoms with E-state index in [4.69, 9.17) is 4.42 Å². The molecule has 0 bridgehead atoms. The molecule has 0 saturated heterocycles. The van der Waals surface area contributed by atoms with Gasteiger partial charge in [-0.2, -0.15) is 44.2 Å². The van der Waals surface area contributed by atoms with Gasteiger partial charge in [0.2, 0.25) is 23.6 Å². The Morgan fingerprint density at radius 1 is 0.400 bits per heavy atom. The third-order valence-electron chi connectivity index (χ3n) is 7.09. The van der Waals surface area contributed by atoms with Crippen LogP contribution >= 0.6 is 34.4 Å². The van der Waals surface area contributed by atoms with Crippen molar-refractivity contribution in [3.63, 3.8) is 0 Å². The van der Waals surface area contributed by atoms with E-state index in [1.54, 1.807) is 87.3 Å². The van der Waals surface area contributed by atoms with Crippen molar-refractivity contribution in [1.29, 1.82) is 0 Å². The molecule has 0 aliphatic rings. The maximum Gasteiger partial charge on any atom is 0.223 e. The highest BCUT2D eigenvalue weighted by Crippen LogP contribution is 2.04. The number of hydrogen-bond donors (Lipinski definition) is 4. The van der Waals surface area contributed by atoms with Gasteiger partial charge in [0.05, 0.1) is 0 Å². The number of H-pyrrole nitrogens is 4. The van der Waals surface area contributed by atoms with Gasteiger partial charge in [0.25, 0.3) is 0 Å². The van der Waals surface area contributed by atoms with E-state index in [1.165, 1.54) is 48.4 Å². The zero-order valence-corrected chi connectivity index (χ0v) is 61.3. The largest absolute Gasteiger partial charge is 0.426 e. The molecule has 12 aromatic heterocycles. The van der Waals surface area contributed by atoms with Crippen molar-refractivity contribution in [3.05, 3.63) is 147 Å². The fraction of sp³-hybridized carbons (Fsp3) is 0.545. The third-order valence-corrected chi connectivity index (χ3v) is 9.26. The molecule has 12 aromatic rings. The summed E-state index contributed by atoms with van der Waals surface area (Å²) in [5.74, 6) is 8.20. The fourth-order valence-corrected chi connectivity index (χ4v) is 5.59. The minimum atomic E-state index is 0.623. The molecule has 0 radical (unpaired) electrons. The van der Waals surface area contributed by atoms with Gasteiger partial charge < -0.3 is 18.0 Å². The summed E-state index contributed by atoms with van der Waals surface area (Å²) >= 11 is 4.51. The lowest BCUT2D eigenvalue weighted by Crippen LogP contribution is -1.83. The van der Waals surface area contributed by atoms with Crippen molar-refractivity contribution in [2.24, 2.45) is 14.1 Å². The van der Waals surface area contributed by atoms with Crippen LogP contribution in [0.1, 0.15) is 173 Å². The molecule has 0 aliphatic carbocycles. The molecule has 0 amide bonds. The summed E-state index contributed by atoms with van der Waals surface area (Å²) in [7, 11) is 3.70. The smallest absolute Gasteiger partial charge is 0.223 e. The molecule has 32 nitrogen and oxygen atoms in total. The monoisotopic (exact) mass is 1310 g/mol. The number of aromatic nitrogens is 29. The van der Waals surface area contributed by atoms with Crippen molar-refractivity contribution < 1.29 is 13.5 Å². The molecule has 0 atom stereocenters. The third kappa shape index (κ3) is 63.5. The summed E-state index contributed by atoms with van der Waals surface area (Å²) in [5, 5.41) is 61.9. The average Bonchev–Trinajstić information content (AvgIpc) is 4.41. The van der Waals surface area contributed by atoms with Crippen molar-refractivity contribution >= 4 is 34.4 Å². The predicted octanol–water partition coefficient (Wildman–Crippen LogP) is 12.4. The summed E-state index contributed by atoms with van der Waals surface area (Å²) in [4.78, 5) is 30.6. The standard InChI is InChI=1S/3C4H6N2O.3C4H6N2S.C4H6N2.5C3H5N3.6C2H6/c1-3-5-6-4(2)7-3;2*1-3-5-4(2)7-6-3;1-3-5-6-4(2)7-3;2*1-3-5-4(2)7-6-3;1-4-2-3-5-6-4;1-6-2-4-5-3-6;1-6-3-4-2-5-6;3*1-3-4-2-5-6-3;6*1-2/h6*1-2H3;2-3H,1H3,(H,5,6);2*2-3H,1H3;3*2H,1H3,(H,4,5,6);6*1-2H3. The molecule has 0 fully saturated rings. The van der Waals surface area contributed by atoms with Crippen molar-refractivity contribution in [1.82, 2.24) is 145 Å². The van der Waals surface area contributed by atoms with Crippen LogP contribution in [0.15, 0.2) is 70.0 Å². The molecule has 0 saturated carbocycles. The molecular formula is C55H103N29O3S3. The maximum absolute atomic E-state index is 4.86. The van der Waals surface area contributed by atoms with Crippen LogP contribution in [0.25, 0.3) is 0 Å². The van der Waals surface area contributed by atoms with Gasteiger partial charge in [0.15, 0.2) is 11.6 Å². The molecule has 4 N–H and O–H groups in total. The Kier molecular flexibility index (Phi) is 67.6. The SMILES string of the molecule is CC.CC.CC.CC.CC.CC.Cc1ccn[nH]1.Cc1ncn[nH]1.Cc1ncn[nH]1.Cc1ncn[nH]1.Cc1nnc(C)o1.Cc1nnc(C)s1.Cc1noc(C)n1.Cc1noc(C)n1.Cc1nsc(C)n1.Cc1nsc(C)n1.Cn1cncn1.Cn1cnnc1. The summed E-state index contributed by atoms with van der Waals surface area (Å²) < 4.78 is 25.4. The van der Waals surface area contributed by atoms with E-state index in [0.29, 0.717) is 35.2 Å². The van der Waals surface area contributed by atoms with Gasteiger partial charge in [-0.05, 0) is 112 Å². The number of nitrogens with one attached hydrogen (secondary N) is 4. The molecule has 12 rings (SSSR count). The van der Waals surface area contributed by atoms with Crippen LogP contribution in [0.4, 0.5) is 0 Å². The minimum Gasteiger partial charge on any atom is -0.426 e. The van der Waals surface area contributed by atoms with Gasteiger partial charge in [-0.25, -0.2) is 29.9 Å². The first-order valence-corrected chi connectivity index (χ1v) is 31.1. The Morgan fingerprint density at radius 3 is 0.867 bits per heavy atom. The first-order valence-electron chi connectivity index (χ1n) is 28.7. The first-order chi connectivity index (χ1) is 43.1. The van der Waals surface area contributed by atoms with Crippen LogP contribution in [-0.2, 0) is 14.1 Å². The first kappa shape index (κ1) is 92.2. The van der Waals surface area contributed by atoms with E-state index in [0.717, 1.165) is 54.8 Å². The molecule has 0 spiro atoms. The Hall–Kier alpha value is -8.99. The van der Waals surface area contributed by atoms with Crippen LogP contribution in [0.3, 0.4) is 0 Å². The van der Waals surface area contributed by atoms with E-state index in [1.807, 2.05) is 172 Å².